The Labute approximate surface area is 220 Å². The van der Waals surface area contributed by atoms with Crippen LogP contribution in [0.4, 0.5) is 0 Å². The molecule has 5 atom stereocenters. The van der Waals surface area contributed by atoms with Gasteiger partial charge < -0.3 is 18.9 Å². The third-order valence-electron chi connectivity index (χ3n) is 6.93. The molecule has 5 rings (SSSR count). The molecular weight excluding hydrogens is 488 g/mol. The van der Waals surface area contributed by atoms with Gasteiger partial charge in [-0.1, -0.05) is 36.4 Å². The lowest BCUT2D eigenvalue weighted by molar-refractivity contribution is -0.164. The van der Waals surface area contributed by atoms with Gasteiger partial charge in [0.05, 0.1) is 12.0 Å². The predicted octanol–water partition coefficient (Wildman–Crippen LogP) is 5.42. The molecule has 0 amide bonds. The number of benzene rings is 3. The summed E-state index contributed by atoms with van der Waals surface area (Å²) in [6, 6.07) is 25.3. The van der Waals surface area contributed by atoms with Crippen LogP contribution < -0.4 is 4.74 Å². The molecule has 7 heteroatoms. The predicted molar refractivity (Wildman–Crippen MR) is 141 cm³/mol. The van der Waals surface area contributed by atoms with E-state index in [-0.39, 0.29) is 30.7 Å². The number of rotatable bonds is 7. The summed E-state index contributed by atoms with van der Waals surface area (Å²) in [6.45, 7) is 7.35. The molecule has 2 heterocycles. The fourth-order valence-corrected chi connectivity index (χ4v) is 7.61. The van der Waals surface area contributed by atoms with Crippen LogP contribution in [0.2, 0.25) is 0 Å². The van der Waals surface area contributed by atoms with Gasteiger partial charge in [-0.2, -0.15) is 10.9 Å². The summed E-state index contributed by atoms with van der Waals surface area (Å²) in [5.74, 6) is -0.535. The van der Waals surface area contributed by atoms with Crippen molar-refractivity contribution in [2.75, 3.05) is 6.61 Å². The van der Waals surface area contributed by atoms with Crippen LogP contribution in [-0.4, -0.2) is 43.0 Å². The zero-order chi connectivity index (χ0) is 26.1. The number of carbonyl (C=O) groups excluding carboxylic acids is 2. The van der Waals surface area contributed by atoms with Gasteiger partial charge in [-0.3, -0.25) is 4.79 Å². The lowest BCUT2D eigenvalue weighted by Gasteiger charge is -2.25. The molecule has 6 nitrogen and oxygen atoms in total. The molecule has 2 aliphatic heterocycles. The highest BCUT2D eigenvalue weighted by Gasteiger charge is 2.56. The van der Waals surface area contributed by atoms with Crippen LogP contribution in [0.3, 0.4) is 0 Å². The van der Waals surface area contributed by atoms with Crippen LogP contribution in [-0.2, 0) is 23.8 Å². The zero-order valence-corrected chi connectivity index (χ0v) is 22.3. The van der Waals surface area contributed by atoms with E-state index in [0.717, 1.165) is 11.1 Å². The third-order valence-corrected chi connectivity index (χ3v) is 9.34. The zero-order valence-electron chi connectivity index (χ0n) is 21.4. The van der Waals surface area contributed by atoms with Crippen molar-refractivity contribution in [2.24, 2.45) is 5.92 Å². The van der Waals surface area contributed by atoms with Crippen molar-refractivity contribution in [1.82, 2.24) is 0 Å². The molecule has 2 fully saturated rings. The fraction of sp³-hybridized carbons (Fsp3) is 0.333. The average molecular weight is 521 g/mol. The Morgan fingerprint density at radius 3 is 2.00 bits per heavy atom. The molecular formula is C30H32O6S. The van der Waals surface area contributed by atoms with Gasteiger partial charge in [0.25, 0.3) is 0 Å². The van der Waals surface area contributed by atoms with Crippen molar-refractivity contribution < 1.29 is 28.5 Å². The van der Waals surface area contributed by atoms with Gasteiger partial charge in [0.1, 0.15) is 11.9 Å². The molecule has 0 aromatic heterocycles. The van der Waals surface area contributed by atoms with Gasteiger partial charge >= 0.3 is 11.9 Å². The van der Waals surface area contributed by atoms with E-state index in [9.17, 15) is 9.59 Å². The van der Waals surface area contributed by atoms with E-state index in [4.69, 9.17) is 18.9 Å². The van der Waals surface area contributed by atoms with Crippen LogP contribution in [0.5, 0.6) is 5.75 Å². The Kier molecular flexibility index (Phi) is 7.26. The minimum absolute atomic E-state index is 0.239. The summed E-state index contributed by atoms with van der Waals surface area (Å²) >= 11 is 0. The number of carbonyl (C=O) groups is 2. The summed E-state index contributed by atoms with van der Waals surface area (Å²) in [5, 5.41) is 0. The SMILES string of the molecule is Cc1cc([SH](c2ccccc2)c2ccccc2)cc(C)c1OCC(=O)OC1C(C)OC2C(C)C(=O)OC12. The molecule has 194 valence electrons. The average Bonchev–Trinajstić information content (AvgIpc) is 3.33. The molecule has 0 aliphatic carbocycles. The summed E-state index contributed by atoms with van der Waals surface area (Å²) in [5.41, 5.74) is 1.91. The Balaban J connectivity index is 1.31. The van der Waals surface area contributed by atoms with Crippen LogP contribution in [0.15, 0.2) is 87.5 Å². The van der Waals surface area contributed by atoms with Crippen molar-refractivity contribution in [3.05, 3.63) is 83.9 Å². The van der Waals surface area contributed by atoms with E-state index in [1.165, 1.54) is 14.7 Å². The third kappa shape index (κ3) is 5.11. The lowest BCUT2D eigenvalue weighted by atomic mass is 10.0. The standard InChI is InChI=1S/C30H32O6S/c1-18-15-24(37(22-11-7-5-8-12-22)23-13-9-6-10-14-23)16-19(2)26(18)33-17-25(31)35-28-21(4)34-27-20(3)30(32)36-29(27)28/h5-16,20-21,27-29,37H,17H2,1-4H3. The Bertz CT molecular complexity index is 1220. The van der Waals surface area contributed by atoms with Gasteiger partial charge in [-0.05, 0) is 89.9 Å². The van der Waals surface area contributed by atoms with E-state index >= 15 is 0 Å². The van der Waals surface area contributed by atoms with Crippen molar-refractivity contribution in [2.45, 2.75) is 66.8 Å². The van der Waals surface area contributed by atoms with E-state index < -0.39 is 29.1 Å². The van der Waals surface area contributed by atoms with E-state index in [1.54, 1.807) is 6.92 Å². The van der Waals surface area contributed by atoms with Crippen LogP contribution in [0, 0.1) is 19.8 Å². The molecule has 0 radical (unpaired) electrons. The molecule has 0 saturated carbocycles. The Morgan fingerprint density at radius 2 is 1.43 bits per heavy atom. The van der Waals surface area contributed by atoms with Crippen LogP contribution in [0.1, 0.15) is 25.0 Å². The van der Waals surface area contributed by atoms with Crippen molar-refractivity contribution in [3.63, 3.8) is 0 Å². The Hall–Kier alpha value is -3.29. The number of ether oxygens (including phenoxy) is 4. The number of aryl methyl sites for hydroxylation is 2. The summed E-state index contributed by atoms with van der Waals surface area (Å²) < 4.78 is 22.8. The molecule has 3 aromatic rings. The first-order valence-corrected chi connectivity index (χ1v) is 13.9. The molecule has 0 bridgehead atoms. The molecule has 2 saturated heterocycles. The highest BCUT2D eigenvalue weighted by atomic mass is 32.2. The summed E-state index contributed by atoms with van der Waals surface area (Å²) in [6.07, 6.45) is -1.95. The number of esters is 2. The monoisotopic (exact) mass is 520 g/mol. The maximum absolute atomic E-state index is 12.7. The van der Waals surface area contributed by atoms with Gasteiger partial charge in [-0.25, -0.2) is 4.79 Å². The summed E-state index contributed by atoms with van der Waals surface area (Å²) in [4.78, 5) is 28.4. The lowest BCUT2D eigenvalue weighted by Crippen LogP contribution is -2.37. The van der Waals surface area contributed by atoms with Crippen LogP contribution in [0.25, 0.3) is 0 Å². The number of fused-ring (bicyclic) bond motifs is 1. The van der Waals surface area contributed by atoms with Gasteiger partial charge in [0, 0.05) is 0 Å². The van der Waals surface area contributed by atoms with E-state index in [0.29, 0.717) is 5.75 Å². The second-order valence-corrected chi connectivity index (χ2v) is 11.9. The van der Waals surface area contributed by atoms with Gasteiger partial charge in [0.2, 0.25) is 0 Å². The quantitative estimate of drug-likeness (QED) is 0.331. The molecule has 5 unspecified atom stereocenters. The van der Waals surface area contributed by atoms with E-state index in [2.05, 4.69) is 60.7 Å². The first kappa shape index (κ1) is 25.4. The first-order chi connectivity index (χ1) is 17.8. The molecule has 0 N–H and O–H groups in total. The molecule has 2 aliphatic rings. The second-order valence-electron chi connectivity index (χ2n) is 9.65. The number of hydrogen-bond acceptors (Lipinski definition) is 6. The first-order valence-electron chi connectivity index (χ1n) is 12.5. The highest BCUT2D eigenvalue weighted by molar-refractivity contribution is 8.17. The fourth-order valence-electron chi connectivity index (χ4n) is 5.13. The molecule has 37 heavy (non-hydrogen) atoms. The maximum atomic E-state index is 12.7. The second kappa shape index (κ2) is 10.6. The van der Waals surface area contributed by atoms with Gasteiger partial charge in [-0.15, -0.1) is 0 Å². The van der Waals surface area contributed by atoms with Crippen LogP contribution >= 0.6 is 10.9 Å². The number of thiol groups is 1. The van der Waals surface area contributed by atoms with Crippen molar-refractivity contribution in [1.29, 1.82) is 0 Å². The summed E-state index contributed by atoms with van der Waals surface area (Å²) in [7, 11) is -0.742. The normalized spacial score (nSPS) is 24.8. The maximum Gasteiger partial charge on any atom is 0.344 e. The smallest absolute Gasteiger partial charge is 0.344 e. The topological polar surface area (TPSA) is 71.1 Å². The Morgan fingerprint density at radius 1 is 0.865 bits per heavy atom. The minimum atomic E-state index is -0.742. The van der Waals surface area contributed by atoms with E-state index in [1.807, 2.05) is 32.9 Å². The molecule has 3 aromatic carbocycles. The van der Waals surface area contributed by atoms with Crippen molar-refractivity contribution in [3.8, 4) is 5.75 Å². The minimum Gasteiger partial charge on any atom is -0.481 e. The largest absolute Gasteiger partial charge is 0.481 e. The van der Waals surface area contributed by atoms with Gasteiger partial charge in [0.15, 0.2) is 18.8 Å². The van der Waals surface area contributed by atoms with Crippen molar-refractivity contribution >= 4 is 22.8 Å². The molecule has 0 spiro atoms. The highest BCUT2D eigenvalue weighted by Crippen LogP contribution is 2.52. The number of hydrogen-bond donors (Lipinski definition) is 1.